The van der Waals surface area contributed by atoms with Crippen molar-refractivity contribution in [3.05, 3.63) is 28.8 Å². The second kappa shape index (κ2) is 6.97. The Kier molecular flexibility index (Phi) is 5.28. The van der Waals surface area contributed by atoms with Gasteiger partial charge in [0.05, 0.1) is 22.3 Å². The highest BCUT2D eigenvalue weighted by Crippen LogP contribution is 2.29. The van der Waals surface area contributed by atoms with Crippen LogP contribution in [0.15, 0.2) is 18.2 Å². The molecule has 0 saturated carbocycles. The molecule has 4 heteroatoms. The molecule has 1 atom stereocenters. The third kappa shape index (κ3) is 3.65. The Morgan fingerprint density at radius 3 is 2.80 bits per heavy atom. The molecule has 20 heavy (non-hydrogen) atoms. The van der Waals surface area contributed by atoms with Gasteiger partial charge in [0, 0.05) is 18.6 Å². The topological polar surface area (TPSA) is 39.1 Å². The molecule has 2 rings (SSSR count). The molecule has 0 aliphatic carbocycles. The zero-order chi connectivity index (χ0) is 14.5. The Balaban J connectivity index is 2.17. The molecule has 108 valence electrons. The van der Waals surface area contributed by atoms with Gasteiger partial charge in [-0.15, -0.1) is 0 Å². The minimum absolute atomic E-state index is 0.379. The summed E-state index contributed by atoms with van der Waals surface area (Å²) in [6.07, 6.45) is 3.79. The first-order valence-electron chi connectivity index (χ1n) is 7.31. The quantitative estimate of drug-likeness (QED) is 0.922. The van der Waals surface area contributed by atoms with E-state index in [0.29, 0.717) is 22.7 Å². The van der Waals surface area contributed by atoms with Crippen LogP contribution in [0.4, 0.5) is 5.69 Å². The van der Waals surface area contributed by atoms with E-state index >= 15 is 0 Å². The molecule has 1 aromatic rings. The van der Waals surface area contributed by atoms with Gasteiger partial charge in [-0.25, -0.2) is 0 Å². The lowest BCUT2D eigenvalue weighted by Crippen LogP contribution is -2.46. The SMILES string of the molecule is CC(C)N(CC1CCCCN1)c1ccc(C#N)cc1Cl. The van der Waals surface area contributed by atoms with Crippen molar-refractivity contribution in [2.75, 3.05) is 18.0 Å². The van der Waals surface area contributed by atoms with Crippen LogP contribution in [-0.4, -0.2) is 25.2 Å². The molecule has 0 bridgehead atoms. The summed E-state index contributed by atoms with van der Waals surface area (Å²) in [5, 5.41) is 13.2. The summed E-state index contributed by atoms with van der Waals surface area (Å²) in [4.78, 5) is 2.33. The maximum atomic E-state index is 8.93. The van der Waals surface area contributed by atoms with Gasteiger partial charge < -0.3 is 10.2 Å². The molecule has 1 saturated heterocycles. The predicted molar refractivity (Wildman–Crippen MR) is 84.3 cm³/mol. The highest BCUT2D eigenvalue weighted by atomic mass is 35.5. The number of anilines is 1. The van der Waals surface area contributed by atoms with E-state index in [1.54, 1.807) is 6.07 Å². The number of rotatable bonds is 4. The van der Waals surface area contributed by atoms with Gasteiger partial charge >= 0.3 is 0 Å². The number of hydrogen-bond donors (Lipinski definition) is 1. The predicted octanol–water partition coefficient (Wildman–Crippen LogP) is 3.57. The summed E-state index contributed by atoms with van der Waals surface area (Å²) in [5.74, 6) is 0. The van der Waals surface area contributed by atoms with Gasteiger partial charge in [0.15, 0.2) is 0 Å². The van der Waals surface area contributed by atoms with E-state index in [-0.39, 0.29) is 0 Å². The summed E-state index contributed by atoms with van der Waals surface area (Å²) in [7, 11) is 0. The number of halogens is 1. The average molecular weight is 292 g/mol. The summed E-state index contributed by atoms with van der Waals surface area (Å²) < 4.78 is 0. The van der Waals surface area contributed by atoms with Crippen LogP contribution in [0.5, 0.6) is 0 Å². The molecular formula is C16H22ClN3. The van der Waals surface area contributed by atoms with E-state index in [9.17, 15) is 0 Å². The van der Waals surface area contributed by atoms with Crippen LogP contribution >= 0.6 is 11.6 Å². The van der Waals surface area contributed by atoms with Crippen LogP contribution in [0.1, 0.15) is 38.7 Å². The average Bonchev–Trinajstić information content (AvgIpc) is 2.46. The maximum absolute atomic E-state index is 8.93. The molecule has 1 unspecified atom stereocenters. The minimum atomic E-state index is 0.379. The van der Waals surface area contributed by atoms with Crippen LogP contribution in [0, 0.1) is 11.3 Å². The largest absolute Gasteiger partial charge is 0.366 e. The van der Waals surface area contributed by atoms with Crippen LogP contribution in [0.3, 0.4) is 0 Å². The number of nitriles is 1. The molecule has 1 fully saturated rings. The molecule has 1 aliphatic heterocycles. The van der Waals surface area contributed by atoms with Crippen molar-refractivity contribution in [3.8, 4) is 6.07 Å². The lowest BCUT2D eigenvalue weighted by atomic mass is 10.0. The second-order valence-corrected chi connectivity index (χ2v) is 6.08. The first kappa shape index (κ1) is 15.2. The molecule has 0 amide bonds. The third-order valence-corrected chi connectivity index (χ3v) is 4.14. The zero-order valence-electron chi connectivity index (χ0n) is 12.2. The van der Waals surface area contributed by atoms with E-state index in [2.05, 4.69) is 30.1 Å². The maximum Gasteiger partial charge on any atom is 0.0992 e. The van der Waals surface area contributed by atoms with Gasteiger partial charge in [0.1, 0.15) is 0 Å². The lowest BCUT2D eigenvalue weighted by molar-refractivity contribution is 0.393. The number of piperidine rings is 1. The summed E-state index contributed by atoms with van der Waals surface area (Å²) in [6, 6.07) is 8.58. The molecule has 1 aromatic carbocycles. The molecule has 1 N–H and O–H groups in total. The normalized spacial score (nSPS) is 18.9. The number of hydrogen-bond acceptors (Lipinski definition) is 3. The van der Waals surface area contributed by atoms with E-state index in [0.717, 1.165) is 18.8 Å². The van der Waals surface area contributed by atoms with Crippen molar-refractivity contribution in [1.82, 2.24) is 5.32 Å². The number of nitrogens with one attached hydrogen (secondary N) is 1. The molecule has 1 heterocycles. The fourth-order valence-electron chi connectivity index (χ4n) is 2.71. The van der Waals surface area contributed by atoms with E-state index < -0.39 is 0 Å². The van der Waals surface area contributed by atoms with E-state index in [1.165, 1.54) is 19.3 Å². The third-order valence-electron chi connectivity index (χ3n) is 3.84. The van der Waals surface area contributed by atoms with Crippen molar-refractivity contribution in [2.24, 2.45) is 0 Å². The van der Waals surface area contributed by atoms with Crippen molar-refractivity contribution in [2.45, 2.75) is 45.2 Å². The Labute approximate surface area is 126 Å². The number of nitrogens with zero attached hydrogens (tertiary/aromatic N) is 2. The van der Waals surface area contributed by atoms with Crippen LogP contribution < -0.4 is 10.2 Å². The number of benzene rings is 1. The first-order chi connectivity index (χ1) is 9.61. The monoisotopic (exact) mass is 291 g/mol. The molecule has 3 nitrogen and oxygen atoms in total. The molecule has 0 radical (unpaired) electrons. The molecule has 1 aliphatic rings. The van der Waals surface area contributed by atoms with Gasteiger partial charge in [-0.3, -0.25) is 0 Å². The molecule has 0 aromatic heterocycles. The van der Waals surface area contributed by atoms with Gasteiger partial charge in [-0.1, -0.05) is 18.0 Å². The highest BCUT2D eigenvalue weighted by molar-refractivity contribution is 6.33. The second-order valence-electron chi connectivity index (χ2n) is 5.67. The Bertz CT molecular complexity index is 487. The summed E-state index contributed by atoms with van der Waals surface area (Å²) >= 11 is 6.35. The molecule has 0 spiro atoms. The summed E-state index contributed by atoms with van der Waals surface area (Å²) in [6.45, 7) is 6.43. The van der Waals surface area contributed by atoms with Gasteiger partial charge in [0.25, 0.3) is 0 Å². The zero-order valence-corrected chi connectivity index (χ0v) is 13.0. The van der Waals surface area contributed by atoms with Crippen LogP contribution in [0.25, 0.3) is 0 Å². The fourth-order valence-corrected chi connectivity index (χ4v) is 3.00. The van der Waals surface area contributed by atoms with Crippen molar-refractivity contribution >= 4 is 17.3 Å². The first-order valence-corrected chi connectivity index (χ1v) is 7.69. The fraction of sp³-hybridized carbons (Fsp3) is 0.562. The van der Waals surface area contributed by atoms with Crippen LogP contribution in [0.2, 0.25) is 5.02 Å². The van der Waals surface area contributed by atoms with Crippen LogP contribution in [-0.2, 0) is 0 Å². The standard InChI is InChI=1S/C16H22ClN3/c1-12(2)20(11-14-5-3-4-8-19-14)16-7-6-13(10-18)9-15(16)17/h6-7,9,12,14,19H,3-5,8,11H2,1-2H3. The van der Waals surface area contributed by atoms with Gasteiger partial charge in [-0.05, 0) is 51.4 Å². The smallest absolute Gasteiger partial charge is 0.0992 e. The van der Waals surface area contributed by atoms with Crippen molar-refractivity contribution in [1.29, 1.82) is 5.26 Å². The Hall–Kier alpha value is -1.24. The Morgan fingerprint density at radius 2 is 2.25 bits per heavy atom. The minimum Gasteiger partial charge on any atom is -0.366 e. The van der Waals surface area contributed by atoms with E-state index in [1.807, 2.05) is 12.1 Å². The Morgan fingerprint density at radius 1 is 1.45 bits per heavy atom. The van der Waals surface area contributed by atoms with Gasteiger partial charge in [-0.2, -0.15) is 5.26 Å². The van der Waals surface area contributed by atoms with E-state index in [4.69, 9.17) is 16.9 Å². The molecular weight excluding hydrogens is 270 g/mol. The van der Waals surface area contributed by atoms with Crippen molar-refractivity contribution in [3.63, 3.8) is 0 Å². The highest BCUT2D eigenvalue weighted by Gasteiger charge is 2.20. The summed E-state index contributed by atoms with van der Waals surface area (Å²) in [5.41, 5.74) is 1.63. The van der Waals surface area contributed by atoms with Crippen molar-refractivity contribution < 1.29 is 0 Å². The van der Waals surface area contributed by atoms with Gasteiger partial charge in [0.2, 0.25) is 0 Å². The lowest BCUT2D eigenvalue weighted by Gasteiger charge is -2.35.